The molecule has 3 heteroatoms. The number of nitrogens with zero attached hydrogens (tertiary/aromatic N) is 3. The normalized spacial score (nSPS) is 18.8. The van der Waals surface area contributed by atoms with Gasteiger partial charge in [-0.25, -0.2) is 4.98 Å². The van der Waals surface area contributed by atoms with Crippen molar-refractivity contribution in [3.8, 4) is 0 Å². The van der Waals surface area contributed by atoms with Crippen molar-refractivity contribution >= 4 is 0 Å². The lowest BCUT2D eigenvalue weighted by Crippen LogP contribution is -2.06. The van der Waals surface area contributed by atoms with Crippen molar-refractivity contribution in [2.24, 2.45) is 0 Å². The third kappa shape index (κ3) is 1.24. The van der Waals surface area contributed by atoms with Crippen molar-refractivity contribution < 1.29 is 0 Å². The highest BCUT2D eigenvalue weighted by Crippen LogP contribution is 2.32. The van der Waals surface area contributed by atoms with E-state index in [0.29, 0.717) is 5.92 Å². The predicted octanol–water partition coefficient (Wildman–Crippen LogP) is 1.96. The molecule has 1 aliphatic carbocycles. The Kier molecular flexibility index (Phi) is 2.11. The zero-order valence-corrected chi connectivity index (χ0v) is 7.53. The van der Waals surface area contributed by atoms with Crippen molar-refractivity contribution in [3.63, 3.8) is 0 Å². The molecular formula is C9H15N3. The van der Waals surface area contributed by atoms with Crippen LogP contribution >= 0.6 is 0 Å². The van der Waals surface area contributed by atoms with Gasteiger partial charge in [0.2, 0.25) is 0 Å². The second-order valence-electron chi connectivity index (χ2n) is 3.42. The summed E-state index contributed by atoms with van der Waals surface area (Å²) in [6.45, 7) is 3.07. The summed E-state index contributed by atoms with van der Waals surface area (Å²) >= 11 is 0. The molecule has 1 saturated carbocycles. The smallest absolute Gasteiger partial charge is 0.138 e. The maximum Gasteiger partial charge on any atom is 0.138 e. The summed E-state index contributed by atoms with van der Waals surface area (Å²) in [5.74, 6) is 1.89. The Morgan fingerprint density at radius 3 is 2.92 bits per heavy atom. The Bertz CT molecular complexity index is 248. The summed E-state index contributed by atoms with van der Waals surface area (Å²) in [5.41, 5.74) is 0. The molecule has 0 spiro atoms. The number of aryl methyl sites for hydroxylation is 1. The van der Waals surface area contributed by atoms with Crippen LogP contribution in [0.15, 0.2) is 6.33 Å². The first kappa shape index (κ1) is 7.77. The van der Waals surface area contributed by atoms with Crippen LogP contribution in [-0.4, -0.2) is 14.8 Å². The third-order valence-electron chi connectivity index (χ3n) is 2.67. The number of aromatic nitrogens is 3. The Hall–Kier alpha value is -0.860. The van der Waals surface area contributed by atoms with Crippen molar-refractivity contribution in [1.29, 1.82) is 0 Å². The minimum absolute atomic E-state index is 0.687. The highest BCUT2D eigenvalue weighted by molar-refractivity contribution is 4.97. The lowest BCUT2D eigenvalue weighted by atomic mass is 10.1. The molecule has 3 nitrogen and oxygen atoms in total. The van der Waals surface area contributed by atoms with E-state index in [1.165, 1.54) is 31.5 Å². The average molecular weight is 165 g/mol. The molecule has 66 valence electrons. The lowest BCUT2D eigenvalue weighted by Gasteiger charge is -2.08. The molecule has 1 fully saturated rings. The van der Waals surface area contributed by atoms with Crippen molar-refractivity contribution in [1.82, 2.24) is 14.8 Å². The summed E-state index contributed by atoms with van der Waals surface area (Å²) in [6.07, 6.45) is 7.01. The van der Waals surface area contributed by atoms with E-state index in [9.17, 15) is 0 Å². The zero-order valence-electron chi connectivity index (χ0n) is 7.53. The van der Waals surface area contributed by atoms with Crippen molar-refractivity contribution in [2.45, 2.75) is 45.1 Å². The largest absolute Gasteiger partial charge is 0.250 e. The van der Waals surface area contributed by atoms with Gasteiger partial charge in [0, 0.05) is 12.5 Å². The minimum Gasteiger partial charge on any atom is -0.250 e. The van der Waals surface area contributed by atoms with Crippen molar-refractivity contribution in [2.75, 3.05) is 0 Å². The van der Waals surface area contributed by atoms with Gasteiger partial charge in [0.15, 0.2) is 0 Å². The first-order chi connectivity index (χ1) is 5.92. The Balaban J connectivity index is 2.19. The van der Waals surface area contributed by atoms with Gasteiger partial charge in [-0.15, -0.1) is 0 Å². The van der Waals surface area contributed by atoms with Gasteiger partial charge in [-0.2, -0.15) is 5.10 Å². The molecule has 0 amide bonds. The van der Waals surface area contributed by atoms with E-state index >= 15 is 0 Å². The topological polar surface area (TPSA) is 30.7 Å². The molecule has 0 atom stereocenters. The molecule has 1 aromatic rings. The van der Waals surface area contributed by atoms with Crippen LogP contribution in [0.5, 0.6) is 0 Å². The molecule has 0 aliphatic heterocycles. The lowest BCUT2D eigenvalue weighted by molar-refractivity contribution is 0.557. The third-order valence-corrected chi connectivity index (χ3v) is 2.67. The minimum atomic E-state index is 0.687. The van der Waals surface area contributed by atoms with E-state index in [0.717, 1.165) is 6.54 Å². The summed E-state index contributed by atoms with van der Waals surface area (Å²) in [5, 5.41) is 4.18. The highest BCUT2D eigenvalue weighted by atomic mass is 15.3. The highest BCUT2D eigenvalue weighted by Gasteiger charge is 2.21. The molecule has 1 heterocycles. The molecule has 1 aliphatic rings. The van der Waals surface area contributed by atoms with Crippen LogP contribution in [0.25, 0.3) is 0 Å². The first-order valence-corrected chi connectivity index (χ1v) is 4.79. The number of hydrogen-bond donors (Lipinski definition) is 0. The van der Waals surface area contributed by atoms with Gasteiger partial charge in [0.05, 0.1) is 0 Å². The molecule has 1 aromatic heterocycles. The van der Waals surface area contributed by atoms with E-state index in [1.54, 1.807) is 6.33 Å². The fourth-order valence-corrected chi connectivity index (χ4v) is 2.02. The summed E-state index contributed by atoms with van der Waals surface area (Å²) in [6, 6.07) is 0. The van der Waals surface area contributed by atoms with Gasteiger partial charge in [-0.1, -0.05) is 12.8 Å². The van der Waals surface area contributed by atoms with Gasteiger partial charge in [0.1, 0.15) is 12.2 Å². The molecule has 2 rings (SSSR count). The van der Waals surface area contributed by atoms with Crippen LogP contribution in [0.3, 0.4) is 0 Å². The zero-order chi connectivity index (χ0) is 8.39. The predicted molar refractivity (Wildman–Crippen MR) is 46.9 cm³/mol. The fourth-order valence-electron chi connectivity index (χ4n) is 2.02. The van der Waals surface area contributed by atoms with Gasteiger partial charge in [-0.05, 0) is 19.8 Å². The Labute approximate surface area is 72.8 Å². The van der Waals surface area contributed by atoms with Crippen LogP contribution in [0.2, 0.25) is 0 Å². The van der Waals surface area contributed by atoms with Gasteiger partial charge >= 0.3 is 0 Å². The maximum absolute atomic E-state index is 4.32. The Morgan fingerprint density at radius 2 is 2.25 bits per heavy atom. The van der Waals surface area contributed by atoms with Crippen LogP contribution in [0, 0.1) is 0 Å². The van der Waals surface area contributed by atoms with E-state index in [4.69, 9.17) is 0 Å². The first-order valence-electron chi connectivity index (χ1n) is 4.79. The molecule has 0 radical (unpaired) electrons. The van der Waals surface area contributed by atoms with Crippen LogP contribution in [0.1, 0.15) is 44.3 Å². The monoisotopic (exact) mass is 165 g/mol. The van der Waals surface area contributed by atoms with Gasteiger partial charge in [-0.3, -0.25) is 4.68 Å². The number of rotatable bonds is 2. The van der Waals surface area contributed by atoms with E-state index < -0.39 is 0 Å². The standard InChI is InChI=1S/C9H15N3/c1-2-12-9(10-7-11-12)8-5-3-4-6-8/h7-8H,2-6H2,1H3. The molecular weight excluding hydrogens is 150 g/mol. The van der Waals surface area contributed by atoms with E-state index in [-0.39, 0.29) is 0 Å². The summed E-state index contributed by atoms with van der Waals surface area (Å²) in [7, 11) is 0. The molecule has 12 heavy (non-hydrogen) atoms. The number of hydrogen-bond acceptors (Lipinski definition) is 2. The quantitative estimate of drug-likeness (QED) is 0.670. The second-order valence-corrected chi connectivity index (χ2v) is 3.42. The summed E-state index contributed by atoms with van der Waals surface area (Å²) in [4.78, 5) is 4.32. The maximum atomic E-state index is 4.32. The van der Waals surface area contributed by atoms with Crippen LogP contribution in [-0.2, 0) is 6.54 Å². The van der Waals surface area contributed by atoms with Crippen molar-refractivity contribution in [3.05, 3.63) is 12.2 Å². The van der Waals surface area contributed by atoms with Crippen LogP contribution < -0.4 is 0 Å². The molecule has 0 N–H and O–H groups in total. The molecule has 0 aromatic carbocycles. The molecule has 0 saturated heterocycles. The molecule has 0 bridgehead atoms. The van der Waals surface area contributed by atoms with Crippen LogP contribution in [0.4, 0.5) is 0 Å². The van der Waals surface area contributed by atoms with Gasteiger partial charge < -0.3 is 0 Å². The Morgan fingerprint density at radius 1 is 1.50 bits per heavy atom. The fraction of sp³-hybridized carbons (Fsp3) is 0.778. The second kappa shape index (κ2) is 3.25. The molecule has 0 unspecified atom stereocenters. The SMILES string of the molecule is CCn1ncnc1C1CCCC1. The van der Waals surface area contributed by atoms with Gasteiger partial charge in [0.25, 0.3) is 0 Å². The van der Waals surface area contributed by atoms with E-state index in [2.05, 4.69) is 17.0 Å². The summed E-state index contributed by atoms with van der Waals surface area (Å²) < 4.78 is 2.02. The average Bonchev–Trinajstić information content (AvgIpc) is 2.74. The van der Waals surface area contributed by atoms with E-state index in [1.807, 2.05) is 4.68 Å².